The van der Waals surface area contributed by atoms with Gasteiger partial charge in [-0.3, -0.25) is 0 Å². The normalized spacial score (nSPS) is 16.4. The molecule has 0 aromatic heterocycles. The number of nitrogens with one attached hydrogen (secondary N) is 1. The molecule has 1 aromatic carbocycles. The minimum Gasteiger partial charge on any atom is -0.379 e. The van der Waals surface area contributed by atoms with Gasteiger partial charge < -0.3 is 10.1 Å². The summed E-state index contributed by atoms with van der Waals surface area (Å²) in [5.41, 5.74) is -0.248. The van der Waals surface area contributed by atoms with Crippen LogP contribution in [0.1, 0.15) is 18.1 Å². The molecule has 1 aliphatic heterocycles. The Bertz CT molecular complexity index is 432. The van der Waals surface area contributed by atoms with Crippen LogP contribution in [0.15, 0.2) is 23.1 Å². The monoisotopic (exact) mass is 291 g/mol. The second-order valence-electron chi connectivity index (χ2n) is 4.37. The van der Waals surface area contributed by atoms with Crippen molar-refractivity contribution in [3.8, 4) is 0 Å². The molecule has 0 unspecified atom stereocenters. The van der Waals surface area contributed by atoms with Crippen LogP contribution in [-0.2, 0) is 17.5 Å². The van der Waals surface area contributed by atoms with E-state index in [9.17, 15) is 13.2 Å². The molecule has 0 atom stereocenters. The van der Waals surface area contributed by atoms with E-state index in [4.69, 9.17) is 4.74 Å². The number of hydrogen-bond donors (Lipinski definition) is 1. The molecule has 19 heavy (non-hydrogen) atoms. The summed E-state index contributed by atoms with van der Waals surface area (Å²) in [7, 11) is 0. The predicted octanol–water partition coefficient (Wildman–Crippen LogP) is 3.31. The molecule has 2 rings (SSSR count). The van der Waals surface area contributed by atoms with Gasteiger partial charge in [-0.15, -0.1) is 11.8 Å². The van der Waals surface area contributed by atoms with Gasteiger partial charge in [0.2, 0.25) is 0 Å². The molecule has 0 aliphatic carbocycles. The van der Waals surface area contributed by atoms with Gasteiger partial charge in [0.25, 0.3) is 0 Å². The van der Waals surface area contributed by atoms with Crippen LogP contribution in [0.4, 0.5) is 13.2 Å². The van der Waals surface area contributed by atoms with Crippen molar-refractivity contribution < 1.29 is 17.9 Å². The SMILES string of the molecule is CCNCc1ccc(SC2COC2)cc1C(F)(F)F. The van der Waals surface area contributed by atoms with E-state index in [-0.39, 0.29) is 11.8 Å². The summed E-state index contributed by atoms with van der Waals surface area (Å²) < 4.78 is 44.1. The predicted molar refractivity (Wildman–Crippen MR) is 69.3 cm³/mol. The van der Waals surface area contributed by atoms with E-state index in [0.29, 0.717) is 30.2 Å². The quantitative estimate of drug-likeness (QED) is 0.899. The Balaban J connectivity index is 2.19. The molecular formula is C13H16F3NOS. The van der Waals surface area contributed by atoms with Gasteiger partial charge in [0.05, 0.1) is 24.0 Å². The molecular weight excluding hydrogens is 275 g/mol. The van der Waals surface area contributed by atoms with Crippen molar-refractivity contribution in [2.45, 2.75) is 29.8 Å². The molecule has 0 saturated carbocycles. The van der Waals surface area contributed by atoms with Crippen molar-refractivity contribution in [2.75, 3.05) is 19.8 Å². The van der Waals surface area contributed by atoms with Gasteiger partial charge in [0, 0.05) is 11.4 Å². The van der Waals surface area contributed by atoms with Crippen LogP contribution >= 0.6 is 11.8 Å². The molecule has 0 radical (unpaired) electrons. The third-order valence-electron chi connectivity index (χ3n) is 2.86. The van der Waals surface area contributed by atoms with Gasteiger partial charge in [0.1, 0.15) is 0 Å². The Hall–Kier alpha value is -0.720. The third-order valence-corrected chi connectivity index (χ3v) is 3.99. The lowest BCUT2D eigenvalue weighted by Crippen LogP contribution is -2.30. The maximum Gasteiger partial charge on any atom is 0.416 e. The Morgan fingerprint density at radius 3 is 2.63 bits per heavy atom. The van der Waals surface area contributed by atoms with Crippen LogP contribution in [0.25, 0.3) is 0 Å². The Morgan fingerprint density at radius 2 is 2.11 bits per heavy atom. The molecule has 2 nitrogen and oxygen atoms in total. The lowest BCUT2D eigenvalue weighted by atomic mass is 10.1. The fraction of sp³-hybridized carbons (Fsp3) is 0.538. The molecule has 6 heteroatoms. The Kier molecular flexibility index (Phi) is 4.76. The molecule has 0 spiro atoms. The molecule has 1 N–H and O–H groups in total. The highest BCUT2D eigenvalue weighted by Gasteiger charge is 2.33. The van der Waals surface area contributed by atoms with Crippen molar-refractivity contribution in [1.82, 2.24) is 5.32 Å². The van der Waals surface area contributed by atoms with Crippen molar-refractivity contribution >= 4 is 11.8 Å². The Morgan fingerprint density at radius 1 is 1.37 bits per heavy atom. The molecule has 106 valence electrons. The number of thioether (sulfide) groups is 1. The molecule has 0 bridgehead atoms. The maximum absolute atomic E-state index is 13.0. The van der Waals surface area contributed by atoms with Crippen molar-refractivity contribution in [2.24, 2.45) is 0 Å². The lowest BCUT2D eigenvalue weighted by Gasteiger charge is -2.25. The first-order valence-corrected chi connectivity index (χ1v) is 7.04. The molecule has 1 aromatic rings. The fourth-order valence-electron chi connectivity index (χ4n) is 1.78. The molecule has 1 heterocycles. The fourth-order valence-corrected chi connectivity index (χ4v) is 2.83. The minimum absolute atomic E-state index is 0.239. The highest BCUT2D eigenvalue weighted by molar-refractivity contribution is 8.00. The number of alkyl halides is 3. The molecule has 1 saturated heterocycles. The number of halogens is 3. The van der Waals surface area contributed by atoms with Gasteiger partial charge in [-0.2, -0.15) is 13.2 Å². The summed E-state index contributed by atoms with van der Waals surface area (Å²) in [4.78, 5) is 0.654. The van der Waals surface area contributed by atoms with E-state index in [2.05, 4.69) is 5.32 Å². The van der Waals surface area contributed by atoms with Crippen molar-refractivity contribution in [3.63, 3.8) is 0 Å². The summed E-state index contributed by atoms with van der Waals surface area (Å²) in [6, 6.07) is 4.56. The average molecular weight is 291 g/mol. The van der Waals surface area contributed by atoms with Crippen LogP contribution in [0.2, 0.25) is 0 Å². The third kappa shape index (κ3) is 3.87. The number of rotatable bonds is 5. The van der Waals surface area contributed by atoms with Gasteiger partial charge in [-0.25, -0.2) is 0 Å². The topological polar surface area (TPSA) is 21.3 Å². The zero-order chi connectivity index (χ0) is 13.9. The zero-order valence-corrected chi connectivity index (χ0v) is 11.4. The van der Waals surface area contributed by atoms with E-state index in [1.807, 2.05) is 6.92 Å². The average Bonchev–Trinajstić information content (AvgIpc) is 2.30. The van der Waals surface area contributed by atoms with Gasteiger partial charge in [0.15, 0.2) is 0 Å². The smallest absolute Gasteiger partial charge is 0.379 e. The van der Waals surface area contributed by atoms with Crippen LogP contribution in [0.5, 0.6) is 0 Å². The zero-order valence-electron chi connectivity index (χ0n) is 10.6. The van der Waals surface area contributed by atoms with E-state index in [1.165, 1.54) is 17.8 Å². The first-order chi connectivity index (χ1) is 9.00. The maximum atomic E-state index is 13.0. The minimum atomic E-state index is -4.31. The van der Waals surface area contributed by atoms with Crippen LogP contribution in [-0.4, -0.2) is 25.0 Å². The first-order valence-electron chi connectivity index (χ1n) is 6.16. The van der Waals surface area contributed by atoms with Crippen molar-refractivity contribution in [3.05, 3.63) is 29.3 Å². The second-order valence-corrected chi connectivity index (χ2v) is 5.75. The highest BCUT2D eigenvalue weighted by Crippen LogP contribution is 2.36. The largest absolute Gasteiger partial charge is 0.416 e. The number of ether oxygens (including phenoxy) is 1. The van der Waals surface area contributed by atoms with E-state index < -0.39 is 11.7 Å². The number of benzene rings is 1. The summed E-state index contributed by atoms with van der Waals surface area (Å²) >= 11 is 1.45. The molecule has 0 amide bonds. The standard InChI is InChI=1S/C13H16F3NOS/c1-2-17-6-9-3-4-10(19-11-7-18-8-11)5-12(9)13(14,15)16/h3-5,11,17H,2,6-8H2,1H3. The van der Waals surface area contributed by atoms with Crippen LogP contribution in [0, 0.1) is 0 Å². The summed E-state index contributed by atoms with van der Waals surface area (Å²) in [5, 5.41) is 3.21. The van der Waals surface area contributed by atoms with Crippen LogP contribution < -0.4 is 5.32 Å². The van der Waals surface area contributed by atoms with Gasteiger partial charge in [-0.1, -0.05) is 13.0 Å². The Labute approximate surface area is 114 Å². The van der Waals surface area contributed by atoms with E-state index >= 15 is 0 Å². The molecule has 1 aliphatic rings. The van der Waals surface area contributed by atoms with Gasteiger partial charge >= 0.3 is 6.18 Å². The summed E-state index contributed by atoms with van der Waals surface area (Å²) in [5.74, 6) is 0. The van der Waals surface area contributed by atoms with E-state index in [1.54, 1.807) is 12.1 Å². The number of hydrogen-bond acceptors (Lipinski definition) is 3. The molecule has 1 fully saturated rings. The van der Waals surface area contributed by atoms with Gasteiger partial charge in [-0.05, 0) is 24.2 Å². The second kappa shape index (κ2) is 6.15. The summed E-state index contributed by atoms with van der Waals surface area (Å²) in [6.45, 7) is 3.99. The highest BCUT2D eigenvalue weighted by atomic mass is 32.2. The van der Waals surface area contributed by atoms with Crippen molar-refractivity contribution in [1.29, 1.82) is 0 Å². The first kappa shape index (κ1) is 14.7. The van der Waals surface area contributed by atoms with Crippen LogP contribution in [0.3, 0.4) is 0 Å². The summed E-state index contributed by atoms with van der Waals surface area (Å²) in [6.07, 6.45) is -4.31. The van der Waals surface area contributed by atoms with E-state index in [0.717, 1.165) is 0 Å². The lowest BCUT2D eigenvalue weighted by molar-refractivity contribution is -0.138.